The number of carbonyl (C=O) groups excluding carboxylic acids is 1. The lowest BCUT2D eigenvalue weighted by Crippen LogP contribution is -2.41. The summed E-state index contributed by atoms with van der Waals surface area (Å²) >= 11 is 3.36. The Morgan fingerprint density at radius 2 is 2.00 bits per heavy atom. The van der Waals surface area contributed by atoms with Crippen LogP contribution in [0.1, 0.15) is 26.2 Å². The van der Waals surface area contributed by atoms with Gasteiger partial charge in [-0.2, -0.15) is 0 Å². The minimum atomic E-state index is -3.19. The molecular formula is C15H18BrNO3S. The Kier molecular flexibility index (Phi) is 5.22. The SMILES string of the molecule is CCCCC(=O)N(c1ccc(Br)cc1)[C@@H]1C=CS(=O)(=O)C1. The number of carbonyl (C=O) groups is 1. The van der Waals surface area contributed by atoms with E-state index in [9.17, 15) is 13.2 Å². The van der Waals surface area contributed by atoms with E-state index >= 15 is 0 Å². The summed E-state index contributed by atoms with van der Waals surface area (Å²) in [5.41, 5.74) is 0.728. The number of anilines is 1. The molecule has 0 aromatic heterocycles. The van der Waals surface area contributed by atoms with E-state index in [0.29, 0.717) is 6.42 Å². The van der Waals surface area contributed by atoms with Crippen molar-refractivity contribution in [3.63, 3.8) is 0 Å². The molecule has 1 aliphatic heterocycles. The molecule has 1 atom stereocenters. The van der Waals surface area contributed by atoms with E-state index in [1.165, 1.54) is 5.41 Å². The van der Waals surface area contributed by atoms with Gasteiger partial charge in [0.2, 0.25) is 5.91 Å². The molecule has 114 valence electrons. The van der Waals surface area contributed by atoms with Crippen LogP contribution in [-0.2, 0) is 14.6 Å². The Morgan fingerprint density at radius 3 is 2.52 bits per heavy atom. The quantitative estimate of drug-likeness (QED) is 0.797. The van der Waals surface area contributed by atoms with Gasteiger partial charge >= 0.3 is 0 Å². The molecule has 0 radical (unpaired) electrons. The molecular weight excluding hydrogens is 354 g/mol. The Bertz CT molecular complexity index is 637. The summed E-state index contributed by atoms with van der Waals surface area (Å²) in [6, 6.07) is 6.94. The number of benzene rings is 1. The first-order valence-corrected chi connectivity index (χ1v) is 9.42. The van der Waals surface area contributed by atoms with E-state index in [1.807, 2.05) is 31.2 Å². The topological polar surface area (TPSA) is 54.5 Å². The number of sulfone groups is 1. The van der Waals surface area contributed by atoms with Crippen molar-refractivity contribution in [2.75, 3.05) is 10.7 Å². The second kappa shape index (κ2) is 6.75. The van der Waals surface area contributed by atoms with Gasteiger partial charge < -0.3 is 4.90 Å². The molecule has 0 saturated heterocycles. The van der Waals surface area contributed by atoms with Gasteiger partial charge in [-0.25, -0.2) is 8.42 Å². The van der Waals surface area contributed by atoms with Crippen molar-refractivity contribution in [2.24, 2.45) is 0 Å². The molecule has 1 amide bonds. The lowest BCUT2D eigenvalue weighted by atomic mass is 10.1. The fourth-order valence-electron chi connectivity index (χ4n) is 2.29. The van der Waals surface area contributed by atoms with E-state index in [0.717, 1.165) is 23.0 Å². The Morgan fingerprint density at radius 1 is 1.33 bits per heavy atom. The molecule has 1 heterocycles. The number of rotatable bonds is 5. The van der Waals surface area contributed by atoms with Crippen LogP contribution >= 0.6 is 15.9 Å². The highest BCUT2D eigenvalue weighted by Crippen LogP contribution is 2.25. The summed E-state index contributed by atoms with van der Waals surface area (Å²) in [4.78, 5) is 14.1. The average molecular weight is 372 g/mol. The molecule has 21 heavy (non-hydrogen) atoms. The van der Waals surface area contributed by atoms with Crippen molar-refractivity contribution in [1.29, 1.82) is 0 Å². The van der Waals surface area contributed by atoms with Crippen molar-refractivity contribution >= 4 is 37.4 Å². The van der Waals surface area contributed by atoms with E-state index in [-0.39, 0.29) is 11.7 Å². The van der Waals surface area contributed by atoms with E-state index in [2.05, 4.69) is 15.9 Å². The molecule has 4 nitrogen and oxygen atoms in total. The van der Waals surface area contributed by atoms with Gasteiger partial charge in [0, 0.05) is 22.0 Å². The van der Waals surface area contributed by atoms with Gasteiger partial charge in [-0.1, -0.05) is 29.3 Å². The highest BCUT2D eigenvalue weighted by molar-refractivity contribution is 9.10. The van der Waals surface area contributed by atoms with Gasteiger partial charge in [0.1, 0.15) is 0 Å². The predicted molar refractivity (Wildman–Crippen MR) is 87.9 cm³/mol. The zero-order valence-electron chi connectivity index (χ0n) is 11.8. The zero-order chi connectivity index (χ0) is 15.5. The Balaban J connectivity index is 2.29. The summed E-state index contributed by atoms with van der Waals surface area (Å²) in [6.07, 6.45) is 3.76. The third-order valence-corrected chi connectivity index (χ3v) is 5.27. The molecule has 1 aromatic rings. The molecule has 0 N–H and O–H groups in total. The largest absolute Gasteiger partial charge is 0.304 e. The summed E-state index contributed by atoms with van der Waals surface area (Å²) in [7, 11) is -3.19. The molecule has 6 heteroatoms. The minimum absolute atomic E-state index is 0.0362. The van der Waals surface area contributed by atoms with E-state index in [4.69, 9.17) is 0 Å². The minimum Gasteiger partial charge on any atom is -0.304 e. The third kappa shape index (κ3) is 4.17. The lowest BCUT2D eigenvalue weighted by molar-refractivity contribution is -0.118. The number of hydrogen-bond donors (Lipinski definition) is 0. The smallest absolute Gasteiger partial charge is 0.227 e. The van der Waals surface area contributed by atoms with Crippen LogP contribution in [-0.4, -0.2) is 26.1 Å². The Labute approximate surface area is 133 Å². The van der Waals surface area contributed by atoms with Crippen molar-refractivity contribution in [3.05, 3.63) is 40.2 Å². The summed E-state index contributed by atoms with van der Waals surface area (Å²) < 4.78 is 24.2. The average Bonchev–Trinajstić information content (AvgIpc) is 2.79. The highest BCUT2D eigenvalue weighted by Gasteiger charge is 2.30. The molecule has 1 aliphatic rings. The van der Waals surface area contributed by atoms with Gasteiger partial charge in [0.15, 0.2) is 9.84 Å². The standard InChI is InChI=1S/C15H18BrNO3S/c1-2-3-4-15(18)17(13-7-5-12(16)6-8-13)14-9-10-21(19,20)11-14/h5-10,14H,2-4,11H2,1H3/t14-/m1/s1. The van der Waals surface area contributed by atoms with Crippen LogP contribution < -0.4 is 4.90 Å². The van der Waals surface area contributed by atoms with Crippen molar-refractivity contribution in [2.45, 2.75) is 32.2 Å². The first kappa shape index (κ1) is 16.2. The number of hydrogen-bond acceptors (Lipinski definition) is 3. The summed E-state index contributed by atoms with van der Waals surface area (Å²) in [5, 5.41) is 1.20. The van der Waals surface area contributed by atoms with E-state index in [1.54, 1.807) is 11.0 Å². The number of unbranched alkanes of at least 4 members (excludes halogenated alkanes) is 1. The van der Waals surface area contributed by atoms with Crippen LogP contribution in [0, 0.1) is 0 Å². The fraction of sp³-hybridized carbons (Fsp3) is 0.400. The fourth-order valence-corrected chi connectivity index (χ4v) is 3.82. The number of halogens is 1. The maximum absolute atomic E-state index is 12.5. The van der Waals surface area contributed by atoms with Crippen molar-refractivity contribution < 1.29 is 13.2 Å². The van der Waals surface area contributed by atoms with Gasteiger partial charge in [0.25, 0.3) is 0 Å². The Hall–Kier alpha value is -1.14. The molecule has 2 rings (SSSR count). The first-order valence-electron chi connectivity index (χ1n) is 6.91. The first-order chi connectivity index (χ1) is 9.93. The van der Waals surface area contributed by atoms with Crippen LogP contribution in [0.5, 0.6) is 0 Å². The molecule has 0 aliphatic carbocycles. The van der Waals surface area contributed by atoms with Crippen LogP contribution in [0.3, 0.4) is 0 Å². The monoisotopic (exact) mass is 371 g/mol. The van der Waals surface area contributed by atoms with Gasteiger partial charge in [0.05, 0.1) is 11.8 Å². The van der Waals surface area contributed by atoms with Crippen LogP contribution in [0.25, 0.3) is 0 Å². The lowest BCUT2D eigenvalue weighted by Gasteiger charge is -2.27. The van der Waals surface area contributed by atoms with Crippen LogP contribution in [0.15, 0.2) is 40.2 Å². The zero-order valence-corrected chi connectivity index (χ0v) is 14.2. The molecule has 0 saturated carbocycles. The molecule has 0 bridgehead atoms. The maximum Gasteiger partial charge on any atom is 0.227 e. The highest BCUT2D eigenvalue weighted by atomic mass is 79.9. The molecule has 0 fully saturated rings. The number of nitrogens with zero attached hydrogens (tertiary/aromatic N) is 1. The third-order valence-electron chi connectivity index (χ3n) is 3.36. The van der Waals surface area contributed by atoms with Crippen molar-refractivity contribution in [1.82, 2.24) is 0 Å². The molecule has 0 unspecified atom stereocenters. The molecule has 1 aromatic carbocycles. The van der Waals surface area contributed by atoms with Gasteiger partial charge in [-0.3, -0.25) is 4.79 Å². The second-order valence-corrected chi connectivity index (χ2v) is 7.92. The molecule has 0 spiro atoms. The normalized spacial score (nSPS) is 19.6. The summed E-state index contributed by atoms with van der Waals surface area (Å²) in [5.74, 6) is -0.0769. The van der Waals surface area contributed by atoms with Crippen molar-refractivity contribution in [3.8, 4) is 0 Å². The van der Waals surface area contributed by atoms with E-state index < -0.39 is 15.9 Å². The van der Waals surface area contributed by atoms with Gasteiger partial charge in [-0.15, -0.1) is 0 Å². The summed E-state index contributed by atoms with van der Waals surface area (Å²) in [6.45, 7) is 2.02. The predicted octanol–water partition coefficient (Wildman–Crippen LogP) is 3.28. The second-order valence-electron chi connectivity index (χ2n) is 5.07. The number of amides is 1. The maximum atomic E-state index is 12.5. The van der Waals surface area contributed by atoms with Crippen LogP contribution in [0.4, 0.5) is 5.69 Å². The van der Waals surface area contributed by atoms with Crippen LogP contribution in [0.2, 0.25) is 0 Å². The van der Waals surface area contributed by atoms with Gasteiger partial charge in [-0.05, 0) is 36.8 Å².